The highest BCUT2D eigenvalue weighted by atomic mass is 31.1. The van der Waals surface area contributed by atoms with Crippen molar-refractivity contribution < 1.29 is 0 Å². The van der Waals surface area contributed by atoms with Crippen LogP contribution in [0, 0.1) is 0 Å². The summed E-state index contributed by atoms with van der Waals surface area (Å²) in [5.41, 5.74) is 5.17. The largest absolute Gasteiger partial charge is 0.0622 e. The van der Waals surface area contributed by atoms with E-state index in [1.165, 1.54) is 70.3 Å². The average Bonchev–Trinajstić information content (AvgIpc) is 3.13. The molecule has 218 valence electrons. The van der Waals surface area contributed by atoms with Crippen molar-refractivity contribution in [2.45, 2.75) is 0 Å². The SMILES string of the molecule is c1ccc(Pc2cccc(-c3ccc4ccccc4c3-c3c(P(c4ccccc4)c4ccccc4)ccc4ccccc34)c2)cc1. The molecular weight excluding hydrogens is 590 g/mol. The van der Waals surface area contributed by atoms with Crippen molar-refractivity contribution in [2.24, 2.45) is 0 Å². The minimum atomic E-state index is -0.839. The third kappa shape index (κ3) is 5.57. The molecule has 1 atom stereocenters. The van der Waals surface area contributed by atoms with Crippen LogP contribution in [0.15, 0.2) is 188 Å². The summed E-state index contributed by atoms with van der Waals surface area (Å²) >= 11 is 0. The maximum absolute atomic E-state index is 2.40. The summed E-state index contributed by atoms with van der Waals surface area (Å²) in [5, 5.41) is 11.9. The zero-order chi connectivity index (χ0) is 30.7. The summed E-state index contributed by atoms with van der Waals surface area (Å²) < 4.78 is 0. The van der Waals surface area contributed by atoms with Crippen molar-refractivity contribution in [3.8, 4) is 22.3 Å². The third-order valence-electron chi connectivity index (χ3n) is 8.59. The van der Waals surface area contributed by atoms with Crippen LogP contribution >= 0.6 is 16.5 Å². The van der Waals surface area contributed by atoms with Crippen molar-refractivity contribution in [3.63, 3.8) is 0 Å². The van der Waals surface area contributed by atoms with E-state index in [1.54, 1.807) is 0 Å². The fourth-order valence-electron chi connectivity index (χ4n) is 6.52. The van der Waals surface area contributed by atoms with Crippen LogP contribution in [0.25, 0.3) is 43.8 Å². The van der Waals surface area contributed by atoms with Crippen molar-refractivity contribution in [2.75, 3.05) is 0 Å². The number of hydrogen-bond donors (Lipinski definition) is 0. The van der Waals surface area contributed by atoms with Gasteiger partial charge in [-0.1, -0.05) is 191 Å². The maximum atomic E-state index is 2.40. The smallest absolute Gasteiger partial charge is 0.000925 e. The van der Waals surface area contributed by atoms with Gasteiger partial charge in [0.05, 0.1) is 0 Å². The normalized spacial score (nSPS) is 11.6. The van der Waals surface area contributed by atoms with Crippen LogP contribution in [0.5, 0.6) is 0 Å². The molecule has 0 fully saturated rings. The molecule has 46 heavy (non-hydrogen) atoms. The van der Waals surface area contributed by atoms with E-state index < -0.39 is 7.92 Å². The fraction of sp³-hybridized carbons (Fsp3) is 0. The quantitative estimate of drug-likeness (QED) is 0.155. The molecule has 0 saturated carbocycles. The lowest BCUT2D eigenvalue weighted by molar-refractivity contribution is 1.65. The van der Waals surface area contributed by atoms with Crippen molar-refractivity contribution >= 4 is 64.6 Å². The van der Waals surface area contributed by atoms with Crippen molar-refractivity contribution in [1.29, 1.82) is 0 Å². The Labute approximate surface area is 273 Å². The molecule has 8 aromatic rings. The topological polar surface area (TPSA) is 0 Å². The first-order valence-electron chi connectivity index (χ1n) is 15.7. The predicted molar refractivity (Wildman–Crippen MR) is 205 cm³/mol. The molecule has 0 heterocycles. The van der Waals surface area contributed by atoms with Crippen LogP contribution in [0.1, 0.15) is 0 Å². The van der Waals surface area contributed by atoms with E-state index in [0.717, 1.165) is 0 Å². The second-order valence-corrected chi connectivity index (χ2v) is 15.1. The van der Waals surface area contributed by atoms with Gasteiger partial charge in [-0.3, -0.25) is 0 Å². The van der Waals surface area contributed by atoms with E-state index in [1.807, 2.05) is 0 Å². The molecule has 0 aliphatic rings. The first kappa shape index (κ1) is 28.6. The molecular formula is C44H32P2. The molecule has 0 bridgehead atoms. The lowest BCUT2D eigenvalue weighted by Crippen LogP contribution is -2.22. The van der Waals surface area contributed by atoms with E-state index in [2.05, 4.69) is 188 Å². The Kier molecular flexibility index (Phi) is 8.00. The highest BCUT2D eigenvalue weighted by Gasteiger charge is 2.25. The fourth-order valence-corrected chi connectivity index (χ4v) is 10.1. The Hall–Kier alpha value is -4.86. The van der Waals surface area contributed by atoms with Gasteiger partial charge in [-0.25, -0.2) is 0 Å². The standard InChI is InChI=1S/C44H32P2/c1-4-18-35(19-5-1)45-36-20-14-17-34(31-36)41-29-27-32-15-10-12-25-39(32)43(41)44-40-26-13-11-16-33(40)28-30-42(44)46(37-21-6-2-7-22-37)38-23-8-3-9-24-38/h1-31,45H. The summed E-state index contributed by atoms with van der Waals surface area (Å²) in [6, 6.07) is 69.3. The lowest BCUT2D eigenvalue weighted by Gasteiger charge is -2.26. The number of fused-ring (bicyclic) bond motifs is 2. The first-order chi connectivity index (χ1) is 22.8. The highest BCUT2D eigenvalue weighted by molar-refractivity contribution is 7.80. The molecule has 0 aliphatic carbocycles. The minimum absolute atomic E-state index is 0.606. The van der Waals surface area contributed by atoms with Gasteiger partial charge >= 0.3 is 0 Å². The molecule has 0 saturated heterocycles. The predicted octanol–water partition coefficient (Wildman–Crippen LogP) is 9.71. The lowest BCUT2D eigenvalue weighted by atomic mass is 9.87. The molecule has 0 amide bonds. The Balaban J connectivity index is 1.44. The summed E-state index contributed by atoms with van der Waals surface area (Å²) in [6.07, 6.45) is 0. The molecule has 8 rings (SSSR count). The van der Waals surface area contributed by atoms with Crippen LogP contribution < -0.4 is 26.5 Å². The van der Waals surface area contributed by atoms with Gasteiger partial charge in [-0.05, 0) is 84.3 Å². The molecule has 0 aromatic heterocycles. The molecule has 8 aromatic carbocycles. The monoisotopic (exact) mass is 622 g/mol. The Morgan fingerprint density at radius 3 is 1.54 bits per heavy atom. The molecule has 1 unspecified atom stereocenters. The van der Waals surface area contributed by atoms with Gasteiger partial charge in [0.1, 0.15) is 0 Å². The van der Waals surface area contributed by atoms with E-state index in [9.17, 15) is 0 Å². The van der Waals surface area contributed by atoms with E-state index >= 15 is 0 Å². The number of benzene rings is 8. The summed E-state index contributed by atoms with van der Waals surface area (Å²) in [5.74, 6) is 0. The van der Waals surface area contributed by atoms with Crippen LogP contribution in [0.2, 0.25) is 0 Å². The molecule has 0 N–H and O–H groups in total. The summed E-state index contributed by atoms with van der Waals surface area (Å²) in [6.45, 7) is 0. The van der Waals surface area contributed by atoms with Gasteiger partial charge in [-0.15, -0.1) is 0 Å². The molecule has 0 spiro atoms. The number of rotatable bonds is 7. The van der Waals surface area contributed by atoms with Gasteiger partial charge in [-0.2, -0.15) is 0 Å². The summed E-state index contributed by atoms with van der Waals surface area (Å²) in [7, 11) is -0.232. The van der Waals surface area contributed by atoms with Crippen LogP contribution in [0.4, 0.5) is 0 Å². The van der Waals surface area contributed by atoms with Gasteiger partial charge in [0.25, 0.3) is 0 Å². The Bertz CT molecular complexity index is 2240. The van der Waals surface area contributed by atoms with Crippen LogP contribution in [-0.2, 0) is 0 Å². The average molecular weight is 623 g/mol. The van der Waals surface area contributed by atoms with Crippen LogP contribution in [0.3, 0.4) is 0 Å². The van der Waals surface area contributed by atoms with E-state index in [4.69, 9.17) is 0 Å². The van der Waals surface area contributed by atoms with Gasteiger partial charge < -0.3 is 0 Å². The second-order valence-electron chi connectivity index (χ2n) is 11.5. The molecule has 0 nitrogen and oxygen atoms in total. The molecule has 0 radical (unpaired) electrons. The first-order valence-corrected chi connectivity index (χ1v) is 18.0. The van der Waals surface area contributed by atoms with E-state index in [0.29, 0.717) is 8.58 Å². The van der Waals surface area contributed by atoms with E-state index in [-0.39, 0.29) is 0 Å². The minimum Gasteiger partial charge on any atom is -0.0622 e. The van der Waals surface area contributed by atoms with Crippen molar-refractivity contribution in [1.82, 2.24) is 0 Å². The van der Waals surface area contributed by atoms with Gasteiger partial charge in [0.2, 0.25) is 0 Å². The zero-order valence-corrected chi connectivity index (χ0v) is 27.2. The Morgan fingerprint density at radius 1 is 0.370 bits per heavy atom. The van der Waals surface area contributed by atoms with Gasteiger partial charge in [0, 0.05) is 0 Å². The van der Waals surface area contributed by atoms with Gasteiger partial charge in [0.15, 0.2) is 0 Å². The zero-order valence-electron chi connectivity index (χ0n) is 25.3. The summed E-state index contributed by atoms with van der Waals surface area (Å²) in [4.78, 5) is 0. The Morgan fingerprint density at radius 2 is 0.891 bits per heavy atom. The second kappa shape index (κ2) is 12.9. The maximum Gasteiger partial charge on any atom is -0.000925 e. The third-order valence-corrected chi connectivity index (χ3v) is 12.3. The molecule has 0 aliphatic heterocycles. The highest BCUT2D eigenvalue weighted by Crippen LogP contribution is 2.45. The molecule has 2 heteroatoms. The van der Waals surface area contributed by atoms with Crippen LogP contribution in [-0.4, -0.2) is 0 Å². The number of hydrogen-bond acceptors (Lipinski definition) is 0. The van der Waals surface area contributed by atoms with Crippen molar-refractivity contribution in [3.05, 3.63) is 188 Å².